The normalized spacial score (nSPS) is 19.0. The van der Waals surface area contributed by atoms with Crippen LogP contribution >= 0.6 is 0 Å². The van der Waals surface area contributed by atoms with Crippen LogP contribution in [0.2, 0.25) is 0 Å². The number of nitrogens with one attached hydrogen (secondary N) is 1. The van der Waals surface area contributed by atoms with E-state index in [4.69, 9.17) is 9.47 Å². The van der Waals surface area contributed by atoms with Gasteiger partial charge in [-0.15, -0.1) is 0 Å². The van der Waals surface area contributed by atoms with Gasteiger partial charge in [0, 0.05) is 6.07 Å². The second-order valence-electron chi connectivity index (χ2n) is 6.20. The van der Waals surface area contributed by atoms with Gasteiger partial charge in [-0.25, -0.2) is 19.3 Å². The molecule has 0 spiro atoms. The summed E-state index contributed by atoms with van der Waals surface area (Å²) in [6, 6.07) is 3.50. The summed E-state index contributed by atoms with van der Waals surface area (Å²) in [5.74, 6) is -0.380. The molecule has 2 atom stereocenters. The Labute approximate surface area is 171 Å². The summed E-state index contributed by atoms with van der Waals surface area (Å²) in [4.78, 5) is 34.6. The predicted molar refractivity (Wildman–Crippen MR) is 89.2 cm³/mol. The molecule has 0 amide bonds. The van der Waals surface area contributed by atoms with Gasteiger partial charge in [0.15, 0.2) is 23.6 Å². The highest BCUT2D eigenvalue weighted by Gasteiger charge is 2.29. The van der Waals surface area contributed by atoms with Crippen LogP contribution in [0.4, 0.5) is 0 Å². The lowest BCUT2D eigenvalue weighted by atomic mass is 10.2. The van der Waals surface area contributed by atoms with Crippen LogP contribution in [0.15, 0.2) is 42.0 Å². The van der Waals surface area contributed by atoms with Crippen molar-refractivity contribution in [3.05, 3.63) is 53.1 Å². The maximum Gasteiger partial charge on any atom is 0.344 e. The molecule has 0 saturated carbocycles. The van der Waals surface area contributed by atoms with E-state index in [0.29, 0.717) is 11.2 Å². The quantitative estimate of drug-likeness (QED) is 0.250. The standard InChI is InChI=1S/C17H17N5O4.HI/c1-21-6-2-3-11(7-21)17(24)25-8-12-4-5-13(26-12)22-10-20-14-15(22)18-9-19-16(14)23;/h2-3,6-7,9-10,12-13H,4-5,8H2,1H3;1H/t12-,13+;/m0./s1. The smallest absolute Gasteiger partial charge is 0.344 e. The third-order valence-electron chi connectivity index (χ3n) is 4.34. The number of pyridine rings is 1. The van der Waals surface area contributed by atoms with Gasteiger partial charge in [0.05, 0.1) is 18.8 Å². The molecule has 1 saturated heterocycles. The number of hydrogen-bond acceptors (Lipinski definition) is 6. The van der Waals surface area contributed by atoms with Gasteiger partial charge in [-0.3, -0.25) is 9.36 Å². The molecule has 10 heteroatoms. The molecule has 4 rings (SSSR count). The first-order valence-electron chi connectivity index (χ1n) is 8.30. The molecule has 4 heterocycles. The predicted octanol–water partition coefficient (Wildman–Crippen LogP) is -2.52. The third kappa shape index (κ3) is 4.00. The number of aromatic nitrogens is 5. The molecule has 0 radical (unpaired) electrons. The van der Waals surface area contributed by atoms with Crippen LogP contribution in [0.5, 0.6) is 0 Å². The lowest BCUT2D eigenvalue weighted by Crippen LogP contribution is -3.00. The molecule has 3 aromatic heterocycles. The zero-order chi connectivity index (χ0) is 18.1. The number of carbonyl (C=O) groups is 1. The van der Waals surface area contributed by atoms with E-state index in [2.05, 4.69) is 15.0 Å². The van der Waals surface area contributed by atoms with E-state index in [-0.39, 0.29) is 60.0 Å². The van der Waals surface area contributed by atoms with Crippen LogP contribution in [-0.4, -0.2) is 38.2 Å². The van der Waals surface area contributed by atoms with E-state index in [9.17, 15) is 9.59 Å². The lowest BCUT2D eigenvalue weighted by molar-refractivity contribution is -0.671. The number of carbonyl (C=O) groups excluding carboxylic acids is 1. The van der Waals surface area contributed by atoms with Gasteiger partial charge >= 0.3 is 5.97 Å². The van der Waals surface area contributed by atoms with Crippen molar-refractivity contribution in [3.63, 3.8) is 0 Å². The topological polar surface area (TPSA) is 103 Å². The van der Waals surface area contributed by atoms with Crippen LogP contribution in [0.1, 0.15) is 29.4 Å². The van der Waals surface area contributed by atoms with E-state index in [0.717, 1.165) is 12.8 Å². The summed E-state index contributed by atoms with van der Waals surface area (Å²) >= 11 is 0. The number of hydrogen-bond donors (Lipinski definition) is 1. The lowest BCUT2D eigenvalue weighted by Gasteiger charge is -2.15. The Balaban J connectivity index is 0.00000210. The molecule has 1 aliphatic rings. The van der Waals surface area contributed by atoms with Crippen LogP contribution in [0.3, 0.4) is 0 Å². The number of fused-ring (bicyclic) bond motifs is 1. The van der Waals surface area contributed by atoms with Crippen LogP contribution < -0.4 is 34.1 Å². The van der Waals surface area contributed by atoms with E-state index in [1.165, 1.54) is 6.33 Å². The monoisotopic (exact) mass is 483 g/mol. The summed E-state index contributed by atoms with van der Waals surface area (Å²) in [5, 5.41) is 0. The zero-order valence-electron chi connectivity index (χ0n) is 14.5. The highest BCUT2D eigenvalue weighted by Crippen LogP contribution is 2.30. The Bertz CT molecular complexity index is 1020. The maximum absolute atomic E-state index is 12.1. The number of imidazole rings is 1. The van der Waals surface area contributed by atoms with Gasteiger partial charge in [-0.2, -0.15) is 0 Å². The van der Waals surface area contributed by atoms with Crippen LogP contribution in [0, 0.1) is 0 Å². The first-order chi connectivity index (χ1) is 12.6. The Morgan fingerprint density at radius 2 is 2.30 bits per heavy atom. The number of rotatable bonds is 4. The Hall–Kier alpha value is -2.34. The number of H-pyrrole nitrogens is 1. The molecule has 0 aliphatic carbocycles. The fourth-order valence-electron chi connectivity index (χ4n) is 3.05. The van der Waals surface area contributed by atoms with Crippen molar-refractivity contribution in [2.45, 2.75) is 25.2 Å². The highest BCUT2D eigenvalue weighted by atomic mass is 127. The first kappa shape index (κ1) is 19.4. The molecule has 1 fully saturated rings. The van der Waals surface area contributed by atoms with Gasteiger partial charge in [-0.05, 0) is 18.9 Å². The fourth-order valence-corrected chi connectivity index (χ4v) is 3.05. The van der Waals surface area contributed by atoms with Crippen LogP contribution in [0.25, 0.3) is 11.2 Å². The van der Waals surface area contributed by atoms with E-state index < -0.39 is 0 Å². The molecular formula is C17H18IN5O4. The molecule has 0 aromatic carbocycles. The Morgan fingerprint density at radius 1 is 1.44 bits per heavy atom. The summed E-state index contributed by atoms with van der Waals surface area (Å²) < 4.78 is 14.8. The number of nitrogens with zero attached hydrogens (tertiary/aromatic N) is 4. The Kier molecular flexibility index (Phi) is 5.85. The largest absolute Gasteiger partial charge is 1.00 e. The number of halogens is 1. The number of aryl methyl sites for hydroxylation is 1. The second-order valence-corrected chi connectivity index (χ2v) is 6.20. The third-order valence-corrected chi connectivity index (χ3v) is 4.34. The molecule has 1 aliphatic heterocycles. The molecule has 142 valence electrons. The van der Waals surface area contributed by atoms with Crippen LogP contribution in [-0.2, 0) is 16.5 Å². The average molecular weight is 483 g/mol. The fraction of sp³-hybridized carbons (Fsp3) is 0.353. The van der Waals surface area contributed by atoms with Gasteiger partial charge in [0.25, 0.3) is 5.56 Å². The van der Waals surface area contributed by atoms with Crippen molar-refractivity contribution < 1.29 is 42.8 Å². The van der Waals surface area contributed by atoms with Crippen molar-refractivity contribution in [2.75, 3.05) is 6.61 Å². The minimum absolute atomic E-state index is 0. The van der Waals surface area contributed by atoms with E-state index in [1.54, 1.807) is 33.8 Å². The molecular weight excluding hydrogens is 465 g/mol. The number of aromatic amines is 1. The first-order valence-corrected chi connectivity index (χ1v) is 8.30. The molecule has 0 bridgehead atoms. The summed E-state index contributed by atoms with van der Waals surface area (Å²) in [6.45, 7) is 0.175. The van der Waals surface area contributed by atoms with Gasteiger partial charge in [0.1, 0.15) is 25.4 Å². The van der Waals surface area contributed by atoms with E-state index >= 15 is 0 Å². The van der Waals surface area contributed by atoms with Gasteiger partial charge in [0.2, 0.25) is 0 Å². The zero-order valence-corrected chi connectivity index (χ0v) is 16.7. The number of esters is 1. The average Bonchev–Trinajstić information content (AvgIpc) is 3.27. The van der Waals surface area contributed by atoms with Gasteiger partial charge in [-0.1, -0.05) is 0 Å². The molecule has 3 aromatic rings. The SMILES string of the molecule is C[n+]1cccc(C(=O)OC[C@@H]2CC[C@H](n3cnc4c(=O)[nH]cnc43)O2)c1.[I-]. The summed E-state index contributed by atoms with van der Waals surface area (Å²) in [6.07, 6.45) is 7.42. The van der Waals surface area contributed by atoms with Crippen molar-refractivity contribution in [2.24, 2.45) is 7.05 Å². The molecule has 1 N–H and O–H groups in total. The Morgan fingerprint density at radius 3 is 3.11 bits per heavy atom. The minimum atomic E-state index is -0.380. The van der Waals surface area contributed by atoms with Gasteiger partial charge < -0.3 is 38.4 Å². The number of ether oxygens (including phenoxy) is 2. The second kappa shape index (κ2) is 8.13. The van der Waals surface area contributed by atoms with Crippen molar-refractivity contribution in [1.82, 2.24) is 19.5 Å². The summed E-state index contributed by atoms with van der Waals surface area (Å²) in [5.41, 5.74) is 0.970. The van der Waals surface area contributed by atoms with Crippen molar-refractivity contribution in [1.29, 1.82) is 0 Å². The maximum atomic E-state index is 12.1. The molecule has 9 nitrogen and oxygen atoms in total. The molecule has 0 unspecified atom stereocenters. The van der Waals surface area contributed by atoms with Crippen molar-refractivity contribution in [3.8, 4) is 0 Å². The minimum Gasteiger partial charge on any atom is -1.00 e. The summed E-state index contributed by atoms with van der Waals surface area (Å²) in [7, 11) is 1.84. The highest BCUT2D eigenvalue weighted by molar-refractivity contribution is 5.88. The molecule has 27 heavy (non-hydrogen) atoms. The van der Waals surface area contributed by atoms with Crippen molar-refractivity contribution >= 4 is 17.1 Å². The van der Waals surface area contributed by atoms with E-state index in [1.807, 2.05) is 13.2 Å².